The van der Waals surface area contributed by atoms with Gasteiger partial charge in [0.2, 0.25) is 0 Å². The van der Waals surface area contributed by atoms with E-state index in [1.165, 1.54) is 0 Å². The fraction of sp³-hybridized carbons (Fsp3) is 0.571. The quantitative estimate of drug-likeness (QED) is 0.802. The van der Waals surface area contributed by atoms with Crippen LogP contribution in [0.1, 0.15) is 44.1 Å². The summed E-state index contributed by atoms with van der Waals surface area (Å²) in [7, 11) is 0. The largest absolute Gasteiger partial charge is 0.337 e. The van der Waals surface area contributed by atoms with Gasteiger partial charge in [0.15, 0.2) is 0 Å². The van der Waals surface area contributed by atoms with E-state index in [1.807, 2.05) is 0 Å². The average Bonchev–Trinajstić information content (AvgIpc) is 2.59. The van der Waals surface area contributed by atoms with Gasteiger partial charge in [-0.1, -0.05) is 13.7 Å². The molecule has 0 saturated carbocycles. The van der Waals surface area contributed by atoms with E-state index < -0.39 is 31.8 Å². The molecule has 1 heterocycles. The Kier molecular flexibility index (Phi) is 0.668. The lowest BCUT2D eigenvalue weighted by atomic mass is 10.1. The summed E-state index contributed by atoms with van der Waals surface area (Å²) in [4.78, 5) is 5.96. The highest BCUT2D eigenvalue weighted by Gasteiger charge is 2.04. The number of nitrogens with zero attached hydrogens (tertiary/aromatic N) is 1. The van der Waals surface area contributed by atoms with Crippen molar-refractivity contribution in [2.24, 2.45) is 0 Å². The smallest absolute Gasteiger partial charge is 0.109 e. The summed E-state index contributed by atoms with van der Waals surface area (Å²) in [6, 6.07) is 0. The molecule has 0 aliphatic carbocycles. The van der Waals surface area contributed by atoms with Crippen molar-refractivity contribution in [2.45, 2.75) is 26.0 Å². The maximum Gasteiger partial charge on any atom is 0.109 e. The van der Waals surface area contributed by atoms with Crippen LogP contribution in [0.5, 0.6) is 0 Å². The topological polar surface area (TPSA) is 28.7 Å². The van der Waals surface area contributed by atoms with Gasteiger partial charge in [-0.2, -0.15) is 0 Å². The molecule has 0 bridgehead atoms. The SMILES string of the molecule is [2H]C([2H])([2H])C([2H])([2H])C([2H])(c1ncc(Br)[nH]1)C([2H])([2H])[2H]. The Bertz CT molecular complexity index is 462. The molecule has 1 N–H and O–H groups in total. The summed E-state index contributed by atoms with van der Waals surface area (Å²) >= 11 is 2.96. The first-order chi connectivity index (χ1) is 8.25. The number of nitrogens with one attached hydrogen (secondary N) is 1. The van der Waals surface area contributed by atoms with Gasteiger partial charge < -0.3 is 4.98 Å². The molecule has 0 radical (unpaired) electrons. The van der Waals surface area contributed by atoms with Gasteiger partial charge in [-0.25, -0.2) is 4.98 Å². The lowest BCUT2D eigenvalue weighted by Crippen LogP contribution is -1.92. The second kappa shape index (κ2) is 3.19. The molecule has 0 aromatic carbocycles. The van der Waals surface area contributed by atoms with Crippen LogP contribution in [0, 0.1) is 0 Å². The maximum atomic E-state index is 7.97. The van der Waals surface area contributed by atoms with Crippen LogP contribution >= 0.6 is 15.9 Å². The predicted molar refractivity (Wildman–Crippen MR) is 45.0 cm³/mol. The van der Waals surface area contributed by atoms with Crippen molar-refractivity contribution in [3.05, 3.63) is 16.6 Å². The summed E-state index contributed by atoms with van der Waals surface area (Å²) < 4.78 is 67.0. The number of hydrogen-bond acceptors (Lipinski definition) is 1. The maximum absolute atomic E-state index is 7.97. The van der Waals surface area contributed by atoms with E-state index in [9.17, 15) is 0 Å². The van der Waals surface area contributed by atoms with E-state index in [0.717, 1.165) is 6.20 Å². The van der Waals surface area contributed by atoms with Crippen molar-refractivity contribution in [3.63, 3.8) is 0 Å². The van der Waals surface area contributed by atoms with E-state index >= 15 is 0 Å². The first kappa shape index (κ1) is 2.09. The van der Waals surface area contributed by atoms with Crippen LogP contribution < -0.4 is 0 Å². The molecule has 0 fully saturated rings. The van der Waals surface area contributed by atoms with Gasteiger partial charge in [-0.3, -0.25) is 0 Å². The van der Waals surface area contributed by atoms with Crippen LogP contribution in [0.15, 0.2) is 10.8 Å². The minimum Gasteiger partial charge on any atom is -0.337 e. The van der Waals surface area contributed by atoms with Crippen molar-refractivity contribution in [1.82, 2.24) is 9.97 Å². The molecule has 3 heteroatoms. The van der Waals surface area contributed by atoms with Gasteiger partial charge in [0.25, 0.3) is 0 Å². The molecule has 1 aromatic heterocycles. The molecule has 0 aliphatic heterocycles. The Labute approximate surface area is 81.8 Å². The molecule has 56 valence electrons. The Morgan fingerprint density at radius 1 is 2.20 bits per heavy atom. The van der Waals surface area contributed by atoms with Gasteiger partial charge in [0.1, 0.15) is 10.4 Å². The zero-order chi connectivity index (χ0) is 15.3. The number of aromatic nitrogens is 2. The Balaban J connectivity index is 3.55. The Morgan fingerprint density at radius 2 is 3.10 bits per heavy atom. The van der Waals surface area contributed by atoms with Gasteiger partial charge in [0.05, 0.1) is 6.20 Å². The van der Waals surface area contributed by atoms with Crippen molar-refractivity contribution in [1.29, 1.82) is 0 Å². The van der Waals surface area contributed by atoms with Crippen molar-refractivity contribution < 1.29 is 12.3 Å². The van der Waals surface area contributed by atoms with E-state index in [0.29, 0.717) is 0 Å². The third-order valence-corrected chi connectivity index (χ3v) is 1.31. The summed E-state index contributed by atoms with van der Waals surface area (Å²) in [6.07, 6.45) is -2.18. The first-order valence-electron chi connectivity index (χ1n) is 6.96. The van der Waals surface area contributed by atoms with E-state index in [4.69, 9.17) is 12.3 Å². The second-order valence-electron chi connectivity index (χ2n) is 1.58. The number of imidazole rings is 1. The number of rotatable bonds is 2. The Hall–Kier alpha value is -0.310. The Morgan fingerprint density at radius 3 is 3.60 bits per heavy atom. The molecular weight excluding hydrogens is 192 g/mol. The summed E-state index contributed by atoms with van der Waals surface area (Å²) in [5.41, 5.74) is 0. The average molecular weight is 212 g/mol. The molecule has 10 heavy (non-hydrogen) atoms. The van der Waals surface area contributed by atoms with E-state index in [-0.39, 0.29) is 4.60 Å². The second-order valence-corrected chi connectivity index (χ2v) is 2.43. The van der Waals surface area contributed by atoms with Crippen molar-refractivity contribution >= 4 is 15.9 Å². The molecule has 0 amide bonds. The lowest BCUT2D eigenvalue weighted by molar-refractivity contribution is 0.688. The standard InChI is InChI=1S/C7H11BrN2/c1-3-5(2)7-9-4-6(8)10-7/h4-5H,3H2,1-2H3,(H,9,10)/i1D3,2D3,3D2,5D. The van der Waals surface area contributed by atoms with Crippen LogP contribution in [0.4, 0.5) is 0 Å². The van der Waals surface area contributed by atoms with E-state index in [1.54, 1.807) is 0 Å². The zero-order valence-electron chi connectivity index (χ0n) is 13.9. The minimum atomic E-state index is -3.32. The lowest BCUT2D eigenvalue weighted by Gasteiger charge is -2.01. The van der Waals surface area contributed by atoms with Crippen LogP contribution in [0.2, 0.25) is 0 Å². The third kappa shape index (κ3) is 1.59. The summed E-state index contributed by atoms with van der Waals surface area (Å²) in [6.45, 7) is -6.51. The van der Waals surface area contributed by atoms with Crippen LogP contribution in [-0.4, -0.2) is 9.97 Å². The normalized spacial score (nSPS) is 33.9. The van der Waals surface area contributed by atoms with Crippen LogP contribution in [0.3, 0.4) is 0 Å². The number of H-pyrrole nitrogens is 1. The molecule has 1 aromatic rings. The molecule has 1 atom stereocenters. The number of aromatic amines is 1. The molecule has 2 nitrogen and oxygen atoms in total. The van der Waals surface area contributed by atoms with Crippen molar-refractivity contribution in [2.75, 3.05) is 0 Å². The summed E-state index contributed by atoms with van der Waals surface area (Å²) in [5, 5.41) is 0. The van der Waals surface area contributed by atoms with Crippen LogP contribution in [-0.2, 0) is 0 Å². The third-order valence-electron chi connectivity index (χ3n) is 0.907. The fourth-order valence-electron chi connectivity index (χ4n) is 0.485. The van der Waals surface area contributed by atoms with Crippen molar-refractivity contribution in [3.8, 4) is 0 Å². The molecule has 1 rings (SSSR count). The number of hydrogen-bond donors (Lipinski definition) is 1. The highest BCUT2D eigenvalue weighted by Crippen LogP contribution is 2.16. The molecule has 0 aliphatic rings. The van der Waals surface area contributed by atoms with Gasteiger partial charge in [-0.15, -0.1) is 0 Å². The van der Waals surface area contributed by atoms with Gasteiger partial charge in [-0.05, 0) is 22.3 Å². The summed E-state index contributed by atoms with van der Waals surface area (Å²) in [5.74, 6) is -3.61. The van der Waals surface area contributed by atoms with E-state index in [2.05, 4.69) is 25.9 Å². The van der Waals surface area contributed by atoms with Gasteiger partial charge >= 0.3 is 0 Å². The molecule has 0 saturated heterocycles. The zero-order valence-corrected chi connectivity index (χ0v) is 6.49. The highest BCUT2D eigenvalue weighted by atomic mass is 79.9. The van der Waals surface area contributed by atoms with Crippen LogP contribution in [0.25, 0.3) is 0 Å². The first-order valence-corrected chi connectivity index (χ1v) is 3.25. The monoisotopic (exact) mass is 211 g/mol. The highest BCUT2D eigenvalue weighted by molar-refractivity contribution is 9.10. The van der Waals surface area contributed by atoms with Gasteiger partial charge in [0, 0.05) is 18.2 Å². The number of halogens is 1. The predicted octanol–water partition coefficient (Wildman–Crippen LogP) is 2.69. The molecular formula is C7H11BrN2. The fourth-order valence-corrected chi connectivity index (χ4v) is 0.775. The minimum absolute atomic E-state index is 0.227. The molecule has 0 spiro atoms. The molecule has 1 unspecified atom stereocenters.